The molecule has 0 aliphatic heterocycles. The second kappa shape index (κ2) is 5.32. The van der Waals surface area contributed by atoms with Crippen LogP contribution in [0.25, 0.3) is 0 Å². The molecule has 0 unspecified atom stereocenters. The molecule has 7 heteroatoms. The van der Waals surface area contributed by atoms with Gasteiger partial charge in [-0.1, -0.05) is 30.3 Å². The highest BCUT2D eigenvalue weighted by atomic mass is 32.2. The van der Waals surface area contributed by atoms with Gasteiger partial charge in [-0.3, -0.25) is 4.79 Å². The Morgan fingerprint density at radius 2 is 1.50 bits per heavy atom. The summed E-state index contributed by atoms with van der Waals surface area (Å²) in [6, 6.07) is 13.7. The molecule has 0 heterocycles. The van der Waals surface area contributed by atoms with Crippen LogP contribution in [0.3, 0.4) is 0 Å². The molecule has 104 valence electrons. The molecule has 4 N–H and O–H groups in total. The third-order valence-corrected chi connectivity index (χ3v) is 4.29. The van der Waals surface area contributed by atoms with E-state index in [0.29, 0.717) is 0 Å². The molecule has 0 atom stereocenters. The number of benzene rings is 2. The fourth-order valence-corrected chi connectivity index (χ4v) is 2.79. The second-order valence-electron chi connectivity index (χ2n) is 4.01. The van der Waals surface area contributed by atoms with Crippen LogP contribution in [-0.4, -0.2) is 18.7 Å². The maximum absolute atomic E-state index is 12.3. The zero-order valence-electron chi connectivity index (χ0n) is 10.4. The minimum Gasteiger partial charge on any atom is -0.398 e. The number of hydrogen-bond donors (Lipinski definition) is 2. The highest BCUT2D eigenvalue weighted by Crippen LogP contribution is 2.21. The van der Waals surface area contributed by atoms with Gasteiger partial charge in [0, 0.05) is 5.56 Å². The first-order valence-electron chi connectivity index (χ1n) is 5.68. The van der Waals surface area contributed by atoms with Gasteiger partial charge in [-0.15, -0.1) is 0 Å². The van der Waals surface area contributed by atoms with E-state index < -0.39 is 15.9 Å². The summed E-state index contributed by atoms with van der Waals surface area (Å²) in [5.74, 6) is 4.64. The fraction of sp³-hybridized carbons (Fsp3) is 0. The van der Waals surface area contributed by atoms with E-state index in [2.05, 4.69) is 0 Å². The number of rotatable bonds is 3. The third kappa shape index (κ3) is 2.49. The predicted octanol–water partition coefficient (Wildman–Crippen LogP) is 0.974. The molecule has 0 aliphatic rings. The van der Waals surface area contributed by atoms with E-state index in [1.807, 2.05) is 0 Å². The number of anilines is 1. The van der Waals surface area contributed by atoms with Gasteiger partial charge in [-0.05, 0) is 24.3 Å². The van der Waals surface area contributed by atoms with Gasteiger partial charge in [0.1, 0.15) is 4.90 Å². The quantitative estimate of drug-likeness (QED) is 0.379. The first kappa shape index (κ1) is 14.0. The van der Waals surface area contributed by atoms with E-state index in [0.717, 1.165) is 0 Å². The number of amides is 1. The molecule has 1 amide bonds. The zero-order valence-corrected chi connectivity index (χ0v) is 11.2. The lowest BCUT2D eigenvalue weighted by Gasteiger charge is -2.17. The Kier molecular flexibility index (Phi) is 3.73. The molecule has 2 aromatic carbocycles. The molecule has 0 spiro atoms. The van der Waals surface area contributed by atoms with Crippen molar-refractivity contribution >= 4 is 21.6 Å². The van der Waals surface area contributed by atoms with Crippen molar-refractivity contribution in [1.82, 2.24) is 4.41 Å². The van der Waals surface area contributed by atoms with Crippen molar-refractivity contribution in [2.24, 2.45) is 5.84 Å². The molecule has 0 saturated carbocycles. The Labute approximate surface area is 116 Å². The Bertz CT molecular complexity index is 730. The highest BCUT2D eigenvalue weighted by molar-refractivity contribution is 7.89. The summed E-state index contributed by atoms with van der Waals surface area (Å²) in [7, 11) is -4.18. The van der Waals surface area contributed by atoms with E-state index >= 15 is 0 Å². The maximum atomic E-state index is 12.3. The van der Waals surface area contributed by atoms with E-state index in [-0.39, 0.29) is 20.6 Å². The van der Waals surface area contributed by atoms with Gasteiger partial charge in [0.25, 0.3) is 15.9 Å². The number of nitrogens with two attached hydrogens (primary N) is 2. The summed E-state index contributed by atoms with van der Waals surface area (Å²) in [5.41, 5.74) is 5.82. The number of para-hydroxylation sites is 1. The minimum absolute atomic E-state index is 0.0313. The molecular weight excluding hydrogens is 278 g/mol. The molecule has 2 aromatic rings. The minimum atomic E-state index is -4.18. The Balaban J connectivity index is 2.41. The topological polar surface area (TPSA) is 106 Å². The van der Waals surface area contributed by atoms with E-state index in [1.54, 1.807) is 24.3 Å². The molecule has 20 heavy (non-hydrogen) atoms. The fourth-order valence-electron chi connectivity index (χ4n) is 1.64. The largest absolute Gasteiger partial charge is 0.398 e. The van der Waals surface area contributed by atoms with Crippen molar-refractivity contribution in [3.05, 3.63) is 60.2 Å². The summed E-state index contributed by atoms with van der Waals surface area (Å²) in [4.78, 5) is 11.9. The van der Waals surface area contributed by atoms with Crippen molar-refractivity contribution in [3.8, 4) is 0 Å². The number of nitrogen functional groups attached to an aromatic ring is 1. The average molecular weight is 291 g/mol. The predicted molar refractivity (Wildman–Crippen MR) is 74.8 cm³/mol. The number of sulfonamides is 1. The van der Waals surface area contributed by atoms with Gasteiger partial charge in [-0.25, -0.2) is 5.84 Å². The third-order valence-electron chi connectivity index (χ3n) is 2.68. The number of nitrogens with zero attached hydrogens (tertiary/aromatic N) is 1. The van der Waals surface area contributed by atoms with Crippen LogP contribution in [0.5, 0.6) is 0 Å². The highest BCUT2D eigenvalue weighted by Gasteiger charge is 2.28. The van der Waals surface area contributed by atoms with Gasteiger partial charge in [0.15, 0.2) is 0 Å². The lowest BCUT2D eigenvalue weighted by atomic mass is 10.2. The first-order chi connectivity index (χ1) is 9.44. The summed E-state index contributed by atoms with van der Waals surface area (Å²) in [5, 5.41) is 0. The number of hydrogen-bond acceptors (Lipinski definition) is 5. The van der Waals surface area contributed by atoms with Crippen LogP contribution in [0, 0.1) is 0 Å². The average Bonchev–Trinajstić information content (AvgIpc) is 2.47. The maximum Gasteiger partial charge on any atom is 0.282 e. The van der Waals surface area contributed by atoms with Crippen LogP contribution in [0.4, 0.5) is 5.69 Å². The standard InChI is InChI=1S/C13H13N3O3S/c14-11-8-4-5-9-12(11)20(18,19)16(15)13(17)10-6-2-1-3-7-10/h1-9H,14-15H2. The van der Waals surface area contributed by atoms with Crippen LogP contribution in [-0.2, 0) is 10.0 Å². The molecular formula is C13H13N3O3S. The van der Waals surface area contributed by atoms with E-state index in [4.69, 9.17) is 11.6 Å². The van der Waals surface area contributed by atoms with E-state index in [9.17, 15) is 13.2 Å². The lowest BCUT2D eigenvalue weighted by Crippen LogP contribution is -2.42. The van der Waals surface area contributed by atoms with Crippen LogP contribution in [0.2, 0.25) is 0 Å². The molecule has 2 rings (SSSR count). The van der Waals surface area contributed by atoms with E-state index in [1.165, 1.54) is 30.3 Å². The van der Waals surface area contributed by atoms with Crippen LogP contribution >= 0.6 is 0 Å². The Hall–Kier alpha value is -2.38. The molecule has 0 aliphatic carbocycles. The van der Waals surface area contributed by atoms with Crippen molar-refractivity contribution < 1.29 is 13.2 Å². The van der Waals surface area contributed by atoms with Crippen LogP contribution in [0.1, 0.15) is 10.4 Å². The Morgan fingerprint density at radius 3 is 2.10 bits per heavy atom. The summed E-state index contributed by atoms with van der Waals surface area (Å²) < 4.78 is 24.7. The molecule has 0 aromatic heterocycles. The summed E-state index contributed by atoms with van der Waals surface area (Å²) in [6.45, 7) is 0. The first-order valence-corrected chi connectivity index (χ1v) is 7.12. The summed E-state index contributed by atoms with van der Waals surface area (Å²) in [6.07, 6.45) is 0. The lowest BCUT2D eigenvalue weighted by molar-refractivity contribution is 0.0861. The van der Waals surface area contributed by atoms with Crippen molar-refractivity contribution in [1.29, 1.82) is 0 Å². The Morgan fingerprint density at radius 1 is 0.950 bits per heavy atom. The van der Waals surface area contributed by atoms with Gasteiger partial charge in [0.2, 0.25) is 0 Å². The van der Waals surface area contributed by atoms with Crippen molar-refractivity contribution in [2.45, 2.75) is 4.90 Å². The molecule has 6 nitrogen and oxygen atoms in total. The molecule has 0 saturated heterocycles. The van der Waals surface area contributed by atoms with Gasteiger partial charge in [0.05, 0.1) is 5.69 Å². The smallest absolute Gasteiger partial charge is 0.282 e. The molecule has 0 radical (unpaired) electrons. The summed E-state index contributed by atoms with van der Waals surface area (Å²) >= 11 is 0. The molecule has 0 fully saturated rings. The number of hydrazine groups is 1. The zero-order chi connectivity index (χ0) is 14.8. The van der Waals surface area contributed by atoms with Gasteiger partial charge >= 0.3 is 0 Å². The number of carbonyl (C=O) groups excluding carboxylic acids is 1. The second-order valence-corrected chi connectivity index (χ2v) is 5.79. The number of carbonyl (C=O) groups is 1. The van der Waals surface area contributed by atoms with Crippen molar-refractivity contribution in [3.63, 3.8) is 0 Å². The van der Waals surface area contributed by atoms with Gasteiger partial charge in [-0.2, -0.15) is 12.8 Å². The van der Waals surface area contributed by atoms with Gasteiger partial charge < -0.3 is 5.73 Å². The van der Waals surface area contributed by atoms with Crippen LogP contribution < -0.4 is 11.6 Å². The monoisotopic (exact) mass is 291 g/mol. The van der Waals surface area contributed by atoms with Crippen LogP contribution in [0.15, 0.2) is 59.5 Å². The SMILES string of the molecule is Nc1ccccc1S(=O)(=O)N(N)C(=O)c1ccccc1. The van der Waals surface area contributed by atoms with Crippen molar-refractivity contribution in [2.75, 3.05) is 5.73 Å². The molecule has 0 bridgehead atoms. The normalized spacial score (nSPS) is 11.1.